The molecule has 3 rings (SSSR count). The second-order valence-corrected chi connectivity index (χ2v) is 6.82. The topological polar surface area (TPSA) is 21.3 Å². The van der Waals surface area contributed by atoms with Crippen LogP contribution >= 0.6 is 34.8 Å². The molecule has 0 amide bonds. The van der Waals surface area contributed by atoms with Crippen LogP contribution in [0.3, 0.4) is 0 Å². The van der Waals surface area contributed by atoms with Crippen molar-refractivity contribution < 1.29 is 4.74 Å². The highest BCUT2D eigenvalue weighted by Gasteiger charge is 2.41. The molecule has 0 radical (unpaired) electrons. The number of fused-ring (bicyclic) bond motifs is 1. The molecule has 0 fully saturated rings. The van der Waals surface area contributed by atoms with Gasteiger partial charge in [0.25, 0.3) is 0 Å². The molecule has 1 N–H and O–H groups in total. The Morgan fingerprint density at radius 2 is 1.67 bits per heavy atom. The number of hydrogen-bond donors (Lipinski definition) is 1. The molecule has 1 heterocycles. The quantitative estimate of drug-likeness (QED) is 0.726. The first-order chi connectivity index (χ1) is 9.88. The monoisotopic (exact) mass is 341 g/mol. The summed E-state index contributed by atoms with van der Waals surface area (Å²) in [5.74, 6) is 0.876. The number of ether oxygens (including phenoxy) is 1. The molecule has 0 spiro atoms. The third-order valence-electron chi connectivity index (χ3n) is 3.59. The minimum absolute atomic E-state index is 0.0510. The molecule has 2 aromatic rings. The number of anilines is 1. The van der Waals surface area contributed by atoms with Crippen LogP contribution in [0.5, 0.6) is 5.75 Å². The molecule has 0 saturated heterocycles. The first-order valence-corrected chi connectivity index (χ1v) is 7.71. The maximum atomic E-state index is 6.26. The minimum atomic E-state index is -0.407. The van der Waals surface area contributed by atoms with E-state index in [9.17, 15) is 0 Å². The summed E-state index contributed by atoms with van der Waals surface area (Å²) in [6.45, 7) is 4.06. The highest BCUT2D eigenvalue weighted by atomic mass is 35.5. The zero-order valence-corrected chi connectivity index (χ0v) is 13.9. The summed E-state index contributed by atoms with van der Waals surface area (Å²) in [6, 6.07) is 11.2. The summed E-state index contributed by atoms with van der Waals surface area (Å²) in [5, 5.41) is 4.90. The molecule has 0 aliphatic carbocycles. The van der Waals surface area contributed by atoms with E-state index < -0.39 is 5.60 Å². The summed E-state index contributed by atoms with van der Waals surface area (Å²) in [5.41, 5.74) is 1.35. The first-order valence-electron chi connectivity index (χ1n) is 6.57. The Balaban J connectivity index is 2.02. The van der Waals surface area contributed by atoms with Gasteiger partial charge < -0.3 is 10.1 Å². The van der Waals surface area contributed by atoms with E-state index in [1.165, 1.54) is 0 Å². The Morgan fingerprint density at radius 1 is 1.05 bits per heavy atom. The van der Waals surface area contributed by atoms with Crippen molar-refractivity contribution in [2.75, 3.05) is 5.32 Å². The van der Waals surface area contributed by atoms with Crippen LogP contribution in [0, 0.1) is 0 Å². The van der Waals surface area contributed by atoms with Crippen LogP contribution in [0.25, 0.3) is 0 Å². The van der Waals surface area contributed by atoms with Crippen LogP contribution in [-0.2, 0) is 0 Å². The van der Waals surface area contributed by atoms with Crippen LogP contribution in [0.4, 0.5) is 5.69 Å². The Morgan fingerprint density at radius 3 is 2.33 bits per heavy atom. The molecule has 5 heteroatoms. The summed E-state index contributed by atoms with van der Waals surface area (Å²) in [7, 11) is 0. The van der Waals surface area contributed by atoms with E-state index >= 15 is 0 Å². The fourth-order valence-corrected chi connectivity index (χ4v) is 3.53. The van der Waals surface area contributed by atoms with Crippen molar-refractivity contribution in [1.82, 2.24) is 0 Å². The van der Waals surface area contributed by atoms with Crippen LogP contribution in [0.15, 0.2) is 36.4 Å². The second-order valence-electron chi connectivity index (χ2n) is 5.57. The van der Waals surface area contributed by atoms with Crippen molar-refractivity contribution in [3.63, 3.8) is 0 Å². The molecular weight excluding hydrogens is 329 g/mol. The molecule has 2 aromatic carbocycles. The summed E-state index contributed by atoms with van der Waals surface area (Å²) in [6.07, 6.45) is 0. The van der Waals surface area contributed by atoms with E-state index in [4.69, 9.17) is 39.5 Å². The number of rotatable bonds is 2. The Hall–Kier alpha value is -1.09. The molecule has 21 heavy (non-hydrogen) atoms. The smallest absolute Gasteiger partial charge is 0.128 e. The average Bonchev–Trinajstić information content (AvgIpc) is 2.63. The van der Waals surface area contributed by atoms with Gasteiger partial charge in [0.1, 0.15) is 11.4 Å². The molecule has 1 aliphatic heterocycles. The zero-order chi connectivity index (χ0) is 15.2. The van der Waals surface area contributed by atoms with Crippen LogP contribution in [0.2, 0.25) is 15.1 Å². The van der Waals surface area contributed by atoms with Gasteiger partial charge >= 0.3 is 0 Å². The van der Waals surface area contributed by atoms with Crippen molar-refractivity contribution in [1.29, 1.82) is 0 Å². The molecule has 1 unspecified atom stereocenters. The lowest BCUT2D eigenvalue weighted by Gasteiger charge is -2.28. The molecular formula is C16H14Cl3NO. The molecule has 110 valence electrons. The standard InChI is InChI=1S/C16H14Cl3NO/c1-16(2)15(10-5-3-4-6-13(10)21-16)20-14-11(18)7-9(17)8-12(14)19/h3-8,15,20H,1-2H3. The summed E-state index contributed by atoms with van der Waals surface area (Å²) >= 11 is 18.5. The molecule has 0 saturated carbocycles. The first kappa shape index (κ1) is 14.8. The number of benzene rings is 2. The van der Waals surface area contributed by atoms with E-state index in [0.717, 1.165) is 11.3 Å². The molecule has 0 bridgehead atoms. The van der Waals surface area contributed by atoms with E-state index in [2.05, 4.69) is 5.32 Å². The Kier molecular flexibility index (Phi) is 3.73. The van der Waals surface area contributed by atoms with Gasteiger partial charge in [-0.05, 0) is 32.0 Å². The second kappa shape index (κ2) is 5.28. The van der Waals surface area contributed by atoms with E-state index in [1.54, 1.807) is 12.1 Å². The van der Waals surface area contributed by atoms with Crippen molar-refractivity contribution in [2.24, 2.45) is 0 Å². The lowest BCUT2D eigenvalue weighted by Crippen LogP contribution is -2.34. The number of para-hydroxylation sites is 1. The maximum Gasteiger partial charge on any atom is 0.128 e. The Labute approximate surface area is 139 Å². The van der Waals surface area contributed by atoms with Gasteiger partial charge in [0.15, 0.2) is 0 Å². The van der Waals surface area contributed by atoms with Gasteiger partial charge in [-0.15, -0.1) is 0 Å². The van der Waals surface area contributed by atoms with E-state index in [-0.39, 0.29) is 6.04 Å². The third kappa shape index (κ3) is 2.68. The zero-order valence-electron chi connectivity index (χ0n) is 11.6. The van der Waals surface area contributed by atoms with Crippen LogP contribution in [0.1, 0.15) is 25.5 Å². The van der Waals surface area contributed by atoms with Crippen molar-refractivity contribution >= 4 is 40.5 Å². The van der Waals surface area contributed by atoms with Crippen molar-refractivity contribution in [3.05, 3.63) is 57.0 Å². The van der Waals surface area contributed by atoms with Crippen molar-refractivity contribution in [3.8, 4) is 5.75 Å². The van der Waals surface area contributed by atoms with E-state index in [1.807, 2.05) is 38.1 Å². The van der Waals surface area contributed by atoms with Gasteiger partial charge in [-0.3, -0.25) is 0 Å². The number of hydrogen-bond acceptors (Lipinski definition) is 2. The van der Waals surface area contributed by atoms with Gasteiger partial charge in [-0.1, -0.05) is 53.0 Å². The van der Waals surface area contributed by atoms with Gasteiger partial charge in [0.05, 0.1) is 21.8 Å². The summed E-state index contributed by atoms with van der Waals surface area (Å²) < 4.78 is 6.01. The lowest BCUT2D eigenvalue weighted by molar-refractivity contribution is 0.118. The molecule has 1 aliphatic rings. The Bertz CT molecular complexity index is 677. The normalized spacial score (nSPS) is 19.0. The third-order valence-corrected chi connectivity index (χ3v) is 4.41. The van der Waals surface area contributed by atoms with Gasteiger partial charge in [-0.25, -0.2) is 0 Å². The number of halogens is 3. The average molecular weight is 343 g/mol. The minimum Gasteiger partial charge on any atom is -0.485 e. The molecule has 1 atom stereocenters. The van der Waals surface area contributed by atoms with Crippen LogP contribution in [-0.4, -0.2) is 5.60 Å². The van der Waals surface area contributed by atoms with Crippen molar-refractivity contribution in [2.45, 2.75) is 25.5 Å². The van der Waals surface area contributed by atoms with E-state index in [0.29, 0.717) is 20.8 Å². The summed E-state index contributed by atoms with van der Waals surface area (Å²) in [4.78, 5) is 0. The largest absolute Gasteiger partial charge is 0.485 e. The predicted octanol–water partition coefficient (Wildman–Crippen LogP) is 5.97. The molecule has 2 nitrogen and oxygen atoms in total. The van der Waals surface area contributed by atoms with Gasteiger partial charge in [-0.2, -0.15) is 0 Å². The van der Waals surface area contributed by atoms with Gasteiger partial charge in [0, 0.05) is 10.6 Å². The molecule has 0 aromatic heterocycles. The maximum absolute atomic E-state index is 6.26. The highest BCUT2D eigenvalue weighted by molar-refractivity contribution is 6.41. The predicted molar refractivity (Wildman–Crippen MR) is 89.0 cm³/mol. The fraction of sp³-hybridized carbons (Fsp3) is 0.250. The lowest BCUT2D eigenvalue weighted by atomic mass is 9.94. The fourth-order valence-electron chi connectivity index (χ4n) is 2.60. The van der Waals surface area contributed by atoms with Crippen LogP contribution < -0.4 is 10.1 Å². The highest BCUT2D eigenvalue weighted by Crippen LogP contribution is 2.46. The van der Waals surface area contributed by atoms with Gasteiger partial charge in [0.2, 0.25) is 0 Å². The SMILES string of the molecule is CC1(C)Oc2ccccc2C1Nc1c(Cl)cc(Cl)cc1Cl. The number of nitrogens with one attached hydrogen (secondary N) is 1.